The molecule has 0 atom stereocenters. The van der Waals surface area contributed by atoms with Gasteiger partial charge in [-0.1, -0.05) is 6.07 Å². The van der Waals surface area contributed by atoms with E-state index in [4.69, 9.17) is 4.74 Å². The minimum absolute atomic E-state index is 0.218. The molecule has 0 amide bonds. The number of alkyl halides is 3. The van der Waals surface area contributed by atoms with Crippen molar-refractivity contribution in [2.45, 2.75) is 12.7 Å². The van der Waals surface area contributed by atoms with E-state index in [0.717, 1.165) is 17.7 Å². The summed E-state index contributed by atoms with van der Waals surface area (Å²) in [7, 11) is 0. The highest BCUT2D eigenvalue weighted by atomic mass is 19.4. The van der Waals surface area contributed by atoms with Crippen LogP contribution in [0.25, 0.3) is 0 Å². The molecule has 1 aromatic carbocycles. The maximum absolute atomic E-state index is 12.5. The third-order valence-corrected chi connectivity index (χ3v) is 2.79. The monoisotopic (exact) mass is 296 g/mol. The Bertz CT molecular complexity index is 558. The number of ether oxygens (including phenoxy) is 1. The van der Waals surface area contributed by atoms with Gasteiger partial charge in [-0.25, -0.2) is 0 Å². The molecule has 2 aromatic rings. The molecule has 1 N–H and O–H groups in total. The molecule has 0 spiro atoms. The molecule has 21 heavy (non-hydrogen) atoms. The lowest BCUT2D eigenvalue weighted by molar-refractivity contribution is -0.137. The summed E-state index contributed by atoms with van der Waals surface area (Å²) in [6.45, 7) is 1.50. The number of hydrogen-bond acceptors (Lipinski definition) is 3. The van der Waals surface area contributed by atoms with Crippen LogP contribution in [0.3, 0.4) is 0 Å². The van der Waals surface area contributed by atoms with Crippen LogP contribution in [-0.2, 0) is 12.7 Å². The second-order valence-corrected chi connectivity index (χ2v) is 4.41. The molecule has 1 heterocycles. The van der Waals surface area contributed by atoms with Gasteiger partial charge in [-0.2, -0.15) is 13.2 Å². The number of halogens is 3. The van der Waals surface area contributed by atoms with E-state index >= 15 is 0 Å². The Morgan fingerprint density at radius 2 is 1.86 bits per heavy atom. The van der Waals surface area contributed by atoms with Crippen molar-refractivity contribution in [2.75, 3.05) is 13.2 Å². The van der Waals surface area contributed by atoms with Crippen molar-refractivity contribution in [3.05, 3.63) is 59.9 Å². The number of pyridine rings is 1. The van der Waals surface area contributed by atoms with Crippen molar-refractivity contribution < 1.29 is 17.9 Å². The molecule has 0 aliphatic carbocycles. The van der Waals surface area contributed by atoms with Crippen LogP contribution in [0.1, 0.15) is 11.1 Å². The molecule has 6 heteroatoms. The van der Waals surface area contributed by atoms with Crippen LogP contribution >= 0.6 is 0 Å². The third-order valence-electron chi connectivity index (χ3n) is 2.79. The molecule has 0 radical (unpaired) electrons. The topological polar surface area (TPSA) is 34.1 Å². The zero-order valence-electron chi connectivity index (χ0n) is 11.2. The second-order valence-electron chi connectivity index (χ2n) is 4.41. The van der Waals surface area contributed by atoms with Crippen LogP contribution in [0.4, 0.5) is 13.2 Å². The number of benzene rings is 1. The van der Waals surface area contributed by atoms with E-state index in [2.05, 4.69) is 10.3 Å². The number of rotatable bonds is 6. The normalized spacial score (nSPS) is 11.4. The number of aromatic nitrogens is 1. The summed E-state index contributed by atoms with van der Waals surface area (Å²) in [5.41, 5.74) is 0.383. The lowest BCUT2D eigenvalue weighted by Crippen LogP contribution is -2.20. The Morgan fingerprint density at radius 1 is 1.10 bits per heavy atom. The first-order valence-corrected chi connectivity index (χ1v) is 6.45. The van der Waals surface area contributed by atoms with E-state index in [1.165, 1.54) is 12.1 Å². The molecule has 0 fully saturated rings. The van der Waals surface area contributed by atoms with E-state index in [9.17, 15) is 13.2 Å². The Labute approximate surface area is 120 Å². The molecule has 0 saturated carbocycles. The lowest BCUT2D eigenvalue weighted by Gasteiger charge is -2.10. The quantitative estimate of drug-likeness (QED) is 0.831. The summed E-state index contributed by atoms with van der Waals surface area (Å²) in [6, 6.07) is 8.65. The van der Waals surface area contributed by atoms with Crippen molar-refractivity contribution >= 4 is 0 Å². The molecule has 2 rings (SSSR count). The van der Waals surface area contributed by atoms with E-state index in [0.29, 0.717) is 19.7 Å². The van der Waals surface area contributed by atoms with E-state index < -0.39 is 11.7 Å². The fourth-order valence-electron chi connectivity index (χ4n) is 1.74. The number of nitrogens with zero attached hydrogens (tertiary/aromatic N) is 1. The molecule has 3 nitrogen and oxygen atoms in total. The highest BCUT2D eigenvalue weighted by molar-refractivity contribution is 5.30. The summed E-state index contributed by atoms with van der Waals surface area (Å²) in [5, 5.41) is 3.14. The molecule has 0 unspecified atom stereocenters. The Kier molecular flexibility index (Phi) is 5.16. The van der Waals surface area contributed by atoms with Crippen molar-refractivity contribution in [2.24, 2.45) is 0 Å². The maximum Gasteiger partial charge on any atom is 0.416 e. The summed E-state index contributed by atoms with van der Waals surface area (Å²) < 4.78 is 42.9. The standard InChI is InChI=1S/C15H15F3N2O/c16-15(17,18)13-2-1-3-14(10-13)21-9-8-20-11-12-4-6-19-7-5-12/h1-7,10,20H,8-9,11H2. The number of hydrogen-bond donors (Lipinski definition) is 1. The van der Waals surface area contributed by atoms with Gasteiger partial charge in [0.25, 0.3) is 0 Å². The van der Waals surface area contributed by atoms with E-state index in [-0.39, 0.29) is 5.75 Å². The van der Waals surface area contributed by atoms with Crippen molar-refractivity contribution in [3.8, 4) is 5.75 Å². The van der Waals surface area contributed by atoms with Crippen LogP contribution in [-0.4, -0.2) is 18.1 Å². The molecule has 112 valence electrons. The molecule has 0 aliphatic rings. The lowest BCUT2D eigenvalue weighted by atomic mass is 10.2. The van der Waals surface area contributed by atoms with Crippen LogP contribution in [0, 0.1) is 0 Å². The zero-order chi connectivity index (χ0) is 15.1. The van der Waals surface area contributed by atoms with Gasteiger partial charge in [-0.15, -0.1) is 0 Å². The third kappa shape index (κ3) is 5.07. The smallest absolute Gasteiger partial charge is 0.416 e. The highest BCUT2D eigenvalue weighted by Gasteiger charge is 2.30. The van der Waals surface area contributed by atoms with Gasteiger partial charge in [0, 0.05) is 25.5 Å². The van der Waals surface area contributed by atoms with Crippen LogP contribution in [0.15, 0.2) is 48.8 Å². The fraction of sp³-hybridized carbons (Fsp3) is 0.267. The van der Waals surface area contributed by atoms with Gasteiger partial charge in [0.1, 0.15) is 12.4 Å². The Morgan fingerprint density at radius 3 is 2.57 bits per heavy atom. The first-order valence-electron chi connectivity index (χ1n) is 6.45. The zero-order valence-corrected chi connectivity index (χ0v) is 11.2. The highest BCUT2D eigenvalue weighted by Crippen LogP contribution is 2.31. The average molecular weight is 296 g/mol. The van der Waals surface area contributed by atoms with Gasteiger partial charge in [-0.05, 0) is 35.9 Å². The van der Waals surface area contributed by atoms with Gasteiger partial charge in [0.05, 0.1) is 5.56 Å². The fourth-order valence-corrected chi connectivity index (χ4v) is 1.74. The molecule has 1 aromatic heterocycles. The number of nitrogens with one attached hydrogen (secondary N) is 1. The van der Waals surface area contributed by atoms with Crippen molar-refractivity contribution in [3.63, 3.8) is 0 Å². The minimum Gasteiger partial charge on any atom is -0.492 e. The van der Waals surface area contributed by atoms with Crippen LogP contribution in [0.2, 0.25) is 0 Å². The minimum atomic E-state index is -4.35. The maximum atomic E-state index is 12.5. The molecule has 0 aliphatic heterocycles. The van der Waals surface area contributed by atoms with Crippen molar-refractivity contribution in [1.82, 2.24) is 10.3 Å². The second kappa shape index (κ2) is 7.08. The Hall–Kier alpha value is -2.08. The SMILES string of the molecule is FC(F)(F)c1cccc(OCCNCc2ccncc2)c1. The summed E-state index contributed by atoms with van der Waals surface area (Å²) >= 11 is 0. The van der Waals surface area contributed by atoms with Crippen LogP contribution < -0.4 is 10.1 Å². The summed E-state index contributed by atoms with van der Waals surface area (Å²) in [4.78, 5) is 3.91. The predicted molar refractivity (Wildman–Crippen MR) is 72.9 cm³/mol. The summed E-state index contributed by atoms with van der Waals surface area (Å²) in [5.74, 6) is 0.218. The van der Waals surface area contributed by atoms with Gasteiger partial charge in [-0.3, -0.25) is 4.98 Å². The predicted octanol–water partition coefficient (Wildman–Crippen LogP) is 3.27. The molecular weight excluding hydrogens is 281 g/mol. The van der Waals surface area contributed by atoms with Gasteiger partial charge >= 0.3 is 6.18 Å². The first kappa shape index (κ1) is 15.3. The van der Waals surface area contributed by atoms with Gasteiger partial charge in [0.2, 0.25) is 0 Å². The molecular formula is C15H15F3N2O. The molecule has 0 bridgehead atoms. The Balaban J connectivity index is 1.74. The van der Waals surface area contributed by atoms with E-state index in [1.54, 1.807) is 12.4 Å². The van der Waals surface area contributed by atoms with Gasteiger partial charge in [0.15, 0.2) is 0 Å². The van der Waals surface area contributed by atoms with Crippen LogP contribution in [0.5, 0.6) is 5.75 Å². The first-order chi connectivity index (χ1) is 10.1. The molecule has 0 saturated heterocycles. The van der Waals surface area contributed by atoms with E-state index in [1.807, 2.05) is 12.1 Å². The largest absolute Gasteiger partial charge is 0.492 e. The van der Waals surface area contributed by atoms with Crippen molar-refractivity contribution in [1.29, 1.82) is 0 Å². The average Bonchev–Trinajstić information content (AvgIpc) is 2.47. The summed E-state index contributed by atoms with van der Waals surface area (Å²) in [6.07, 6.45) is -0.939. The van der Waals surface area contributed by atoms with Gasteiger partial charge < -0.3 is 10.1 Å².